The molecule has 1 N–H and O–H groups in total. The Hall–Kier alpha value is -1.89. The van der Waals surface area contributed by atoms with Crippen LogP contribution in [0.25, 0.3) is 0 Å². The van der Waals surface area contributed by atoms with E-state index in [-0.39, 0.29) is 0 Å². The number of methoxy groups -OCH3 is 1. The Kier molecular flexibility index (Phi) is 4.62. The smallest absolute Gasteiger partial charge is 0.335 e. The summed E-state index contributed by atoms with van der Waals surface area (Å²) in [6.45, 7) is 1.88. The summed E-state index contributed by atoms with van der Waals surface area (Å²) in [7, 11) is 1.49. The zero-order valence-electron chi connectivity index (χ0n) is 11.7. The van der Waals surface area contributed by atoms with E-state index in [1.807, 2.05) is 6.92 Å². The number of benzene rings is 1. The van der Waals surface area contributed by atoms with Crippen LogP contribution < -0.4 is 15.0 Å². The molecule has 0 aromatic heterocycles. The van der Waals surface area contributed by atoms with Crippen molar-refractivity contribution in [2.24, 2.45) is 5.92 Å². The lowest BCUT2D eigenvalue weighted by Crippen LogP contribution is -2.58. The van der Waals surface area contributed by atoms with Gasteiger partial charge >= 0.3 is 6.03 Å². The number of amides is 4. The number of imide groups is 2. The normalized spacial score (nSPS) is 18.7. The molecule has 0 bridgehead atoms. The molecule has 2 rings (SSSR count). The van der Waals surface area contributed by atoms with Crippen LogP contribution in [0.2, 0.25) is 0 Å². The highest BCUT2D eigenvalue weighted by molar-refractivity contribution is 9.10. The highest BCUT2D eigenvalue weighted by atomic mass is 79.9. The van der Waals surface area contributed by atoms with Gasteiger partial charge < -0.3 is 4.74 Å². The van der Waals surface area contributed by atoms with Crippen molar-refractivity contribution < 1.29 is 19.1 Å². The van der Waals surface area contributed by atoms with Crippen LogP contribution in [-0.4, -0.2) is 25.0 Å². The van der Waals surface area contributed by atoms with Gasteiger partial charge in [0.05, 0.1) is 12.8 Å². The Morgan fingerprint density at radius 2 is 2.00 bits per heavy atom. The maximum Gasteiger partial charge on any atom is 0.335 e. The molecule has 0 radical (unpaired) electrons. The Bertz CT molecular complexity index is 603. The number of hydrogen-bond acceptors (Lipinski definition) is 4. The fourth-order valence-electron chi connectivity index (χ4n) is 2.20. The van der Waals surface area contributed by atoms with Crippen LogP contribution in [0.5, 0.6) is 5.75 Å². The second kappa shape index (κ2) is 6.26. The van der Waals surface area contributed by atoms with E-state index in [0.717, 1.165) is 4.90 Å². The zero-order valence-corrected chi connectivity index (χ0v) is 13.3. The Balaban J connectivity index is 2.41. The van der Waals surface area contributed by atoms with Crippen molar-refractivity contribution in [3.63, 3.8) is 0 Å². The molecule has 1 aliphatic rings. The first-order valence-electron chi connectivity index (χ1n) is 6.51. The number of nitrogens with zero attached hydrogens (tertiary/aromatic N) is 1. The first-order valence-corrected chi connectivity index (χ1v) is 7.30. The molecule has 1 fully saturated rings. The second-order valence-electron chi connectivity index (χ2n) is 4.66. The van der Waals surface area contributed by atoms with Gasteiger partial charge in [0.25, 0.3) is 0 Å². The molecule has 1 aromatic carbocycles. The van der Waals surface area contributed by atoms with Gasteiger partial charge in [0.15, 0.2) is 0 Å². The van der Waals surface area contributed by atoms with Crippen molar-refractivity contribution in [2.75, 3.05) is 12.0 Å². The van der Waals surface area contributed by atoms with E-state index in [1.165, 1.54) is 7.11 Å². The van der Waals surface area contributed by atoms with Gasteiger partial charge in [-0.3, -0.25) is 14.9 Å². The third-order valence-corrected chi connectivity index (χ3v) is 3.65. The summed E-state index contributed by atoms with van der Waals surface area (Å²) in [6.07, 6.45) is 1.08. The molecule has 4 amide bonds. The van der Waals surface area contributed by atoms with Crippen LogP contribution in [0, 0.1) is 5.92 Å². The van der Waals surface area contributed by atoms with Gasteiger partial charge in [-0.05, 0) is 18.6 Å². The highest BCUT2D eigenvalue weighted by Gasteiger charge is 2.40. The van der Waals surface area contributed by atoms with Crippen LogP contribution in [0.4, 0.5) is 10.5 Å². The fourth-order valence-corrected chi connectivity index (χ4v) is 2.66. The Labute approximate surface area is 130 Å². The predicted octanol–water partition coefficient (Wildman–Crippen LogP) is 2.46. The van der Waals surface area contributed by atoms with Gasteiger partial charge in [-0.1, -0.05) is 29.3 Å². The number of halogens is 1. The van der Waals surface area contributed by atoms with Gasteiger partial charge in [-0.2, -0.15) is 0 Å². The quantitative estimate of drug-likeness (QED) is 0.842. The molecular formula is C14H15BrN2O4. The van der Waals surface area contributed by atoms with Crippen molar-refractivity contribution in [1.29, 1.82) is 0 Å². The lowest BCUT2D eigenvalue weighted by Gasteiger charge is -2.30. The molecule has 1 unspecified atom stereocenters. The van der Waals surface area contributed by atoms with Gasteiger partial charge in [-0.25, -0.2) is 9.69 Å². The van der Waals surface area contributed by atoms with E-state index in [1.54, 1.807) is 18.2 Å². The standard InChI is InChI=1S/C14H15BrN2O4/c1-3-4-11-12(18)16-14(20)17(13(11)19)9-5-8(15)6-10(7-9)21-2/h5-7,11H,3-4H2,1-2H3,(H,16,18,20). The van der Waals surface area contributed by atoms with E-state index in [9.17, 15) is 14.4 Å². The van der Waals surface area contributed by atoms with Crippen LogP contribution in [0.15, 0.2) is 22.7 Å². The molecule has 7 heteroatoms. The van der Waals surface area contributed by atoms with Crippen LogP contribution in [0.3, 0.4) is 0 Å². The van der Waals surface area contributed by atoms with Crippen LogP contribution in [-0.2, 0) is 9.59 Å². The topological polar surface area (TPSA) is 75.7 Å². The number of nitrogens with one attached hydrogen (secondary N) is 1. The SMILES string of the molecule is CCCC1C(=O)NC(=O)N(c2cc(Br)cc(OC)c2)C1=O. The minimum Gasteiger partial charge on any atom is -0.497 e. The summed E-state index contributed by atoms with van der Waals surface area (Å²) in [5.41, 5.74) is 0.359. The molecule has 1 heterocycles. The van der Waals surface area contributed by atoms with Gasteiger partial charge in [0.1, 0.15) is 11.7 Å². The number of anilines is 1. The second-order valence-corrected chi connectivity index (χ2v) is 5.57. The van der Waals surface area contributed by atoms with Crippen molar-refractivity contribution in [3.05, 3.63) is 22.7 Å². The molecular weight excluding hydrogens is 340 g/mol. The molecule has 0 saturated carbocycles. The summed E-state index contributed by atoms with van der Waals surface area (Å²) in [5.74, 6) is -1.38. The number of barbiturate groups is 1. The highest BCUT2D eigenvalue weighted by Crippen LogP contribution is 2.30. The molecule has 1 aliphatic heterocycles. The van der Waals surface area contributed by atoms with Gasteiger partial charge in [0.2, 0.25) is 11.8 Å². The summed E-state index contributed by atoms with van der Waals surface area (Å²) in [4.78, 5) is 37.2. The van der Waals surface area contributed by atoms with Crippen LogP contribution in [0.1, 0.15) is 19.8 Å². The lowest BCUT2D eigenvalue weighted by atomic mass is 9.99. The maximum absolute atomic E-state index is 12.4. The minimum atomic E-state index is -0.835. The van der Waals surface area contributed by atoms with Crippen LogP contribution >= 0.6 is 15.9 Å². The third-order valence-electron chi connectivity index (χ3n) is 3.20. The predicted molar refractivity (Wildman–Crippen MR) is 80.1 cm³/mol. The molecule has 6 nitrogen and oxygen atoms in total. The Morgan fingerprint density at radius 1 is 1.29 bits per heavy atom. The molecule has 1 atom stereocenters. The number of carbonyl (C=O) groups is 3. The number of urea groups is 1. The van der Waals surface area contributed by atoms with E-state index >= 15 is 0 Å². The fraction of sp³-hybridized carbons (Fsp3) is 0.357. The summed E-state index contributed by atoms with van der Waals surface area (Å²) >= 11 is 3.30. The van der Waals surface area contributed by atoms with E-state index < -0.39 is 23.8 Å². The number of hydrogen-bond donors (Lipinski definition) is 1. The molecule has 112 valence electrons. The molecule has 21 heavy (non-hydrogen) atoms. The molecule has 1 aromatic rings. The van der Waals surface area contributed by atoms with Gasteiger partial charge in [0, 0.05) is 10.5 Å². The van der Waals surface area contributed by atoms with E-state index in [2.05, 4.69) is 21.2 Å². The number of carbonyl (C=O) groups excluding carboxylic acids is 3. The van der Waals surface area contributed by atoms with Crippen molar-refractivity contribution in [2.45, 2.75) is 19.8 Å². The van der Waals surface area contributed by atoms with E-state index in [0.29, 0.717) is 28.8 Å². The van der Waals surface area contributed by atoms with Crippen molar-refractivity contribution in [3.8, 4) is 5.75 Å². The van der Waals surface area contributed by atoms with E-state index in [4.69, 9.17) is 4.74 Å². The first-order chi connectivity index (χ1) is 9.97. The van der Waals surface area contributed by atoms with Crippen molar-refractivity contribution >= 4 is 39.5 Å². The summed E-state index contributed by atoms with van der Waals surface area (Å²) < 4.78 is 5.79. The lowest BCUT2D eigenvalue weighted by molar-refractivity contribution is -0.134. The molecule has 0 aliphatic carbocycles. The first kappa shape index (κ1) is 15.5. The minimum absolute atomic E-state index is 0.359. The van der Waals surface area contributed by atoms with Gasteiger partial charge in [-0.15, -0.1) is 0 Å². The Morgan fingerprint density at radius 3 is 2.62 bits per heavy atom. The monoisotopic (exact) mass is 354 g/mol. The third kappa shape index (κ3) is 3.07. The number of rotatable bonds is 4. The van der Waals surface area contributed by atoms with Crippen molar-refractivity contribution in [1.82, 2.24) is 5.32 Å². The summed E-state index contributed by atoms with van der Waals surface area (Å²) in [5, 5.41) is 2.22. The average molecular weight is 355 g/mol. The summed E-state index contributed by atoms with van der Waals surface area (Å²) in [6, 6.07) is 4.17. The average Bonchev–Trinajstić information content (AvgIpc) is 2.42. The number of ether oxygens (including phenoxy) is 1. The molecule has 1 saturated heterocycles. The zero-order chi connectivity index (χ0) is 15.6. The largest absolute Gasteiger partial charge is 0.497 e. The molecule has 0 spiro atoms. The maximum atomic E-state index is 12.4.